The van der Waals surface area contributed by atoms with Crippen molar-refractivity contribution in [1.82, 2.24) is 4.98 Å². The van der Waals surface area contributed by atoms with Gasteiger partial charge in [0.2, 0.25) is 0 Å². The van der Waals surface area contributed by atoms with Crippen molar-refractivity contribution in [3.05, 3.63) is 41.1 Å². The van der Waals surface area contributed by atoms with Gasteiger partial charge in [-0.15, -0.1) is 0 Å². The van der Waals surface area contributed by atoms with E-state index in [0.29, 0.717) is 6.10 Å². The van der Waals surface area contributed by atoms with Crippen molar-refractivity contribution >= 4 is 16.7 Å². The number of pyridine rings is 1. The number of fused-ring (bicyclic) bond motifs is 1. The van der Waals surface area contributed by atoms with Crippen molar-refractivity contribution in [2.24, 2.45) is 5.92 Å². The van der Waals surface area contributed by atoms with E-state index in [9.17, 15) is 4.79 Å². The minimum absolute atomic E-state index is 0.142. The number of hydrogen-bond donors (Lipinski definition) is 0. The van der Waals surface area contributed by atoms with Gasteiger partial charge in [-0.3, -0.25) is 9.78 Å². The molecule has 0 saturated heterocycles. The zero-order chi connectivity index (χ0) is 17.8. The molecule has 3 heteroatoms. The van der Waals surface area contributed by atoms with Gasteiger partial charge in [0.1, 0.15) is 0 Å². The molecule has 1 aromatic carbocycles. The smallest absolute Gasteiger partial charge is 0.165 e. The van der Waals surface area contributed by atoms with E-state index in [4.69, 9.17) is 4.74 Å². The molecular weight excluding hydrogens is 310 g/mol. The van der Waals surface area contributed by atoms with Gasteiger partial charge < -0.3 is 4.74 Å². The van der Waals surface area contributed by atoms with Crippen LogP contribution in [0.5, 0.6) is 0 Å². The van der Waals surface area contributed by atoms with Crippen LogP contribution in [0.3, 0.4) is 0 Å². The third kappa shape index (κ3) is 4.09. The third-order valence-corrected chi connectivity index (χ3v) is 5.38. The number of ketones is 1. The molecule has 134 valence electrons. The fourth-order valence-electron chi connectivity index (χ4n) is 3.84. The zero-order valence-corrected chi connectivity index (χ0v) is 15.7. The Morgan fingerprint density at radius 2 is 1.92 bits per heavy atom. The Hall–Kier alpha value is -1.74. The highest BCUT2D eigenvalue weighted by Crippen LogP contribution is 2.30. The van der Waals surface area contributed by atoms with E-state index >= 15 is 0 Å². The average Bonchev–Trinajstić information content (AvgIpc) is 2.65. The number of ether oxygens (including phenoxy) is 1. The quantitative estimate of drug-likeness (QED) is 0.673. The van der Waals surface area contributed by atoms with Crippen molar-refractivity contribution in [1.29, 1.82) is 0 Å². The van der Waals surface area contributed by atoms with Gasteiger partial charge in [0, 0.05) is 29.2 Å². The number of rotatable bonds is 6. The van der Waals surface area contributed by atoms with Gasteiger partial charge in [-0.25, -0.2) is 0 Å². The van der Waals surface area contributed by atoms with Crippen LogP contribution in [-0.4, -0.2) is 23.5 Å². The zero-order valence-electron chi connectivity index (χ0n) is 15.7. The van der Waals surface area contributed by atoms with Gasteiger partial charge in [0.15, 0.2) is 5.78 Å². The molecule has 0 aliphatic heterocycles. The molecule has 3 nitrogen and oxygen atoms in total. The first-order chi connectivity index (χ1) is 12.1. The Kier molecular flexibility index (Phi) is 5.85. The van der Waals surface area contributed by atoms with Crippen molar-refractivity contribution in [2.45, 2.75) is 65.4 Å². The summed E-state index contributed by atoms with van der Waals surface area (Å²) >= 11 is 0. The first-order valence-corrected chi connectivity index (χ1v) is 9.68. The summed E-state index contributed by atoms with van der Waals surface area (Å²) in [6.07, 6.45) is 6.27. The summed E-state index contributed by atoms with van der Waals surface area (Å²) in [5, 5.41) is 1.08. The van der Waals surface area contributed by atoms with E-state index in [0.717, 1.165) is 67.3 Å². The minimum atomic E-state index is 0.142. The maximum atomic E-state index is 12.9. The highest BCUT2D eigenvalue weighted by Gasteiger charge is 2.27. The van der Waals surface area contributed by atoms with Crippen molar-refractivity contribution in [2.75, 3.05) is 6.61 Å². The molecule has 0 bridgehead atoms. The molecule has 1 fully saturated rings. The lowest BCUT2D eigenvalue weighted by atomic mass is 9.82. The highest BCUT2D eigenvalue weighted by molar-refractivity contribution is 6.01. The third-order valence-electron chi connectivity index (χ3n) is 5.38. The SMILES string of the molecule is CCCOC1CCC(C(=O)c2ccc3nc(C)c(CC)cc3c2)CC1. The van der Waals surface area contributed by atoms with E-state index in [-0.39, 0.29) is 11.7 Å². The molecule has 25 heavy (non-hydrogen) atoms. The number of carbonyl (C=O) groups excluding carboxylic acids is 1. The standard InChI is InChI=1S/C22H29NO2/c1-4-12-25-20-9-6-17(7-10-20)22(24)18-8-11-21-19(14-18)13-16(5-2)15(3)23-21/h8,11,13-14,17,20H,4-7,9-10,12H2,1-3H3. The monoisotopic (exact) mass is 339 g/mol. The Morgan fingerprint density at radius 3 is 2.60 bits per heavy atom. The Morgan fingerprint density at radius 1 is 1.16 bits per heavy atom. The number of Topliss-reactive ketones (excluding diaryl/α,β-unsaturated/α-hetero) is 1. The molecular formula is C22H29NO2. The van der Waals surface area contributed by atoms with Crippen LogP contribution in [0.4, 0.5) is 0 Å². The Bertz CT molecular complexity index is 745. The van der Waals surface area contributed by atoms with Crippen molar-refractivity contribution in [3.63, 3.8) is 0 Å². The molecule has 1 saturated carbocycles. The van der Waals surface area contributed by atoms with Crippen molar-refractivity contribution < 1.29 is 9.53 Å². The van der Waals surface area contributed by atoms with Crippen LogP contribution in [0.15, 0.2) is 24.3 Å². The maximum absolute atomic E-state index is 12.9. The molecule has 1 aromatic heterocycles. The van der Waals surface area contributed by atoms with Gasteiger partial charge in [-0.1, -0.05) is 13.8 Å². The molecule has 0 N–H and O–H groups in total. The lowest BCUT2D eigenvalue weighted by Gasteiger charge is -2.27. The van der Waals surface area contributed by atoms with Gasteiger partial charge in [0.25, 0.3) is 0 Å². The molecule has 0 unspecified atom stereocenters. The maximum Gasteiger partial charge on any atom is 0.165 e. The predicted octanol–water partition coefficient (Wildman–Crippen LogP) is 5.27. The molecule has 0 amide bonds. The summed E-state index contributed by atoms with van der Waals surface area (Å²) < 4.78 is 5.84. The summed E-state index contributed by atoms with van der Waals surface area (Å²) in [4.78, 5) is 17.6. The minimum Gasteiger partial charge on any atom is -0.378 e. The van der Waals surface area contributed by atoms with E-state index < -0.39 is 0 Å². The van der Waals surface area contributed by atoms with Crippen LogP contribution >= 0.6 is 0 Å². The van der Waals surface area contributed by atoms with Crippen LogP contribution in [-0.2, 0) is 11.2 Å². The second kappa shape index (κ2) is 8.09. The average molecular weight is 339 g/mol. The lowest BCUT2D eigenvalue weighted by Crippen LogP contribution is -2.26. The first kappa shape index (κ1) is 18.1. The molecule has 0 atom stereocenters. The summed E-state index contributed by atoms with van der Waals surface area (Å²) in [6, 6.07) is 8.15. The predicted molar refractivity (Wildman–Crippen MR) is 102 cm³/mol. The fraction of sp³-hybridized carbons (Fsp3) is 0.545. The van der Waals surface area contributed by atoms with Gasteiger partial charge in [0.05, 0.1) is 11.6 Å². The van der Waals surface area contributed by atoms with E-state index in [1.807, 2.05) is 18.2 Å². The van der Waals surface area contributed by atoms with Crippen LogP contribution in [0, 0.1) is 12.8 Å². The number of hydrogen-bond acceptors (Lipinski definition) is 3. The molecule has 1 heterocycles. The molecule has 0 spiro atoms. The molecule has 1 aliphatic carbocycles. The molecule has 1 aliphatic rings. The second-order valence-electron chi connectivity index (χ2n) is 7.20. The number of carbonyl (C=O) groups is 1. The Balaban J connectivity index is 1.73. The number of aromatic nitrogens is 1. The van der Waals surface area contributed by atoms with Crippen LogP contribution < -0.4 is 0 Å². The summed E-state index contributed by atoms with van der Waals surface area (Å²) in [5.74, 6) is 0.428. The lowest BCUT2D eigenvalue weighted by molar-refractivity contribution is 0.0190. The molecule has 3 rings (SSSR count). The van der Waals surface area contributed by atoms with E-state index in [1.165, 1.54) is 5.56 Å². The highest BCUT2D eigenvalue weighted by atomic mass is 16.5. The van der Waals surface area contributed by atoms with Gasteiger partial charge in [-0.2, -0.15) is 0 Å². The second-order valence-corrected chi connectivity index (χ2v) is 7.20. The number of nitrogens with zero attached hydrogens (tertiary/aromatic N) is 1. The summed E-state index contributed by atoms with van der Waals surface area (Å²) in [5.41, 5.74) is 4.14. The fourth-order valence-corrected chi connectivity index (χ4v) is 3.84. The topological polar surface area (TPSA) is 39.2 Å². The van der Waals surface area contributed by atoms with E-state index in [2.05, 4.69) is 31.8 Å². The van der Waals surface area contributed by atoms with Gasteiger partial charge in [-0.05, 0) is 75.3 Å². The molecule has 0 radical (unpaired) electrons. The Labute approximate surface area is 150 Å². The molecule has 2 aromatic rings. The number of benzene rings is 1. The number of aryl methyl sites for hydroxylation is 2. The largest absolute Gasteiger partial charge is 0.378 e. The first-order valence-electron chi connectivity index (χ1n) is 9.68. The normalized spacial score (nSPS) is 20.8. The van der Waals surface area contributed by atoms with Crippen LogP contribution in [0.25, 0.3) is 10.9 Å². The summed E-state index contributed by atoms with van der Waals surface area (Å²) in [7, 11) is 0. The summed E-state index contributed by atoms with van der Waals surface area (Å²) in [6.45, 7) is 7.16. The van der Waals surface area contributed by atoms with Crippen LogP contribution in [0.1, 0.15) is 67.6 Å². The van der Waals surface area contributed by atoms with Gasteiger partial charge >= 0.3 is 0 Å². The van der Waals surface area contributed by atoms with Crippen LogP contribution in [0.2, 0.25) is 0 Å². The van der Waals surface area contributed by atoms with E-state index in [1.54, 1.807) is 0 Å². The van der Waals surface area contributed by atoms with Crippen molar-refractivity contribution in [3.8, 4) is 0 Å².